The molecule has 0 spiro atoms. The first-order valence-corrected chi connectivity index (χ1v) is 4.10. The lowest BCUT2D eigenvalue weighted by atomic mass is 9.71. The van der Waals surface area contributed by atoms with Crippen LogP contribution in [0.4, 0.5) is 0 Å². The lowest BCUT2D eigenvalue weighted by molar-refractivity contribution is 0.189. The van der Waals surface area contributed by atoms with E-state index in [1.165, 1.54) is 19.3 Å². The molecule has 50 valence electrons. The summed E-state index contributed by atoms with van der Waals surface area (Å²) in [7, 11) is 0. The van der Waals surface area contributed by atoms with Gasteiger partial charge in [0.05, 0.1) is 0 Å². The Morgan fingerprint density at radius 3 is 2.56 bits per heavy atom. The van der Waals surface area contributed by atoms with Crippen LogP contribution in [0.3, 0.4) is 0 Å². The lowest BCUT2D eigenvalue weighted by Crippen LogP contribution is -2.25. The number of fused-ring (bicyclic) bond motifs is 1. The molecule has 2 rings (SSSR count). The minimum Gasteiger partial charge on any atom is -0.0848 e. The number of hydrogen-bond donors (Lipinski definition) is 0. The van der Waals surface area contributed by atoms with Crippen LogP contribution >= 0.6 is 0 Å². The maximum Gasteiger partial charge on any atom is -0.0199 e. The van der Waals surface area contributed by atoms with Crippen LogP contribution in [0.2, 0.25) is 0 Å². The fourth-order valence-electron chi connectivity index (χ4n) is 2.19. The van der Waals surface area contributed by atoms with Crippen LogP contribution in [-0.2, 0) is 0 Å². The summed E-state index contributed by atoms with van der Waals surface area (Å²) in [5.74, 6) is 3.01. The second-order valence-electron chi connectivity index (χ2n) is 3.36. The molecule has 2 aliphatic carbocycles. The van der Waals surface area contributed by atoms with Gasteiger partial charge in [0.1, 0.15) is 0 Å². The molecule has 9 heavy (non-hydrogen) atoms. The van der Waals surface area contributed by atoms with Gasteiger partial charge < -0.3 is 0 Å². The lowest BCUT2D eigenvalue weighted by Gasteiger charge is -2.33. The van der Waals surface area contributed by atoms with E-state index in [0.29, 0.717) is 0 Å². The smallest absolute Gasteiger partial charge is 0.0199 e. The zero-order valence-electron chi connectivity index (χ0n) is 6.01. The third kappa shape index (κ3) is 0.654. The molecule has 0 aromatic rings. The molecule has 1 saturated carbocycles. The largest absolute Gasteiger partial charge is 0.0848 e. The SMILES string of the molecule is CCC1C=C[C@H]2CC[C@@H]12. The molecular weight excluding hydrogens is 108 g/mol. The summed E-state index contributed by atoms with van der Waals surface area (Å²) in [6, 6.07) is 0. The van der Waals surface area contributed by atoms with Crippen LogP contribution in [0.5, 0.6) is 0 Å². The molecule has 0 aliphatic heterocycles. The highest BCUT2D eigenvalue weighted by molar-refractivity contribution is 5.10. The van der Waals surface area contributed by atoms with Gasteiger partial charge in [-0.25, -0.2) is 0 Å². The van der Waals surface area contributed by atoms with Crippen LogP contribution in [0.1, 0.15) is 26.2 Å². The first-order chi connectivity index (χ1) is 4.42. The molecule has 0 bridgehead atoms. The highest BCUT2D eigenvalue weighted by Gasteiger charge is 2.36. The standard InChI is InChI=1S/C9H14/c1-2-7-3-4-8-5-6-9(7)8/h3-4,7-9H,2,5-6H2,1H3/t7?,8-,9-/m0/s1. The van der Waals surface area contributed by atoms with Gasteiger partial charge in [-0.15, -0.1) is 0 Å². The summed E-state index contributed by atoms with van der Waals surface area (Å²) >= 11 is 0. The molecule has 0 N–H and O–H groups in total. The van der Waals surface area contributed by atoms with Crippen molar-refractivity contribution in [1.82, 2.24) is 0 Å². The van der Waals surface area contributed by atoms with Crippen molar-refractivity contribution in [3.8, 4) is 0 Å². The van der Waals surface area contributed by atoms with Crippen molar-refractivity contribution in [2.45, 2.75) is 26.2 Å². The van der Waals surface area contributed by atoms with Gasteiger partial charge in [0.15, 0.2) is 0 Å². The number of rotatable bonds is 1. The van der Waals surface area contributed by atoms with Gasteiger partial charge in [0, 0.05) is 0 Å². The molecule has 1 fully saturated rings. The Morgan fingerprint density at radius 1 is 1.33 bits per heavy atom. The summed E-state index contributed by atoms with van der Waals surface area (Å²) in [5, 5.41) is 0. The van der Waals surface area contributed by atoms with Crippen LogP contribution < -0.4 is 0 Å². The van der Waals surface area contributed by atoms with Crippen LogP contribution in [0.15, 0.2) is 12.2 Å². The predicted octanol–water partition coefficient (Wildman–Crippen LogP) is 2.61. The number of allylic oxidation sites excluding steroid dienone is 2. The quantitative estimate of drug-likeness (QED) is 0.469. The monoisotopic (exact) mass is 122 g/mol. The summed E-state index contributed by atoms with van der Waals surface area (Å²) in [5.41, 5.74) is 0. The fourth-order valence-corrected chi connectivity index (χ4v) is 2.19. The van der Waals surface area contributed by atoms with Crippen molar-refractivity contribution in [2.75, 3.05) is 0 Å². The fraction of sp³-hybridized carbons (Fsp3) is 0.778. The van der Waals surface area contributed by atoms with E-state index >= 15 is 0 Å². The summed E-state index contributed by atoms with van der Waals surface area (Å²) < 4.78 is 0. The highest BCUT2D eigenvalue weighted by Crippen LogP contribution is 2.46. The Bertz CT molecular complexity index is 135. The first kappa shape index (κ1) is 5.52. The Kier molecular flexibility index (Phi) is 1.14. The third-order valence-corrected chi connectivity index (χ3v) is 3.01. The maximum absolute atomic E-state index is 2.43. The molecule has 0 radical (unpaired) electrons. The van der Waals surface area contributed by atoms with E-state index < -0.39 is 0 Å². The average molecular weight is 122 g/mol. The van der Waals surface area contributed by atoms with Crippen LogP contribution in [-0.4, -0.2) is 0 Å². The normalized spacial score (nSPS) is 46.6. The molecule has 0 saturated heterocycles. The van der Waals surface area contributed by atoms with Crippen LogP contribution in [0, 0.1) is 17.8 Å². The molecule has 0 heteroatoms. The Labute approximate surface area is 57.0 Å². The van der Waals surface area contributed by atoms with Gasteiger partial charge >= 0.3 is 0 Å². The van der Waals surface area contributed by atoms with Gasteiger partial charge in [-0.2, -0.15) is 0 Å². The topological polar surface area (TPSA) is 0 Å². The van der Waals surface area contributed by atoms with Crippen molar-refractivity contribution in [3.63, 3.8) is 0 Å². The maximum atomic E-state index is 2.43. The molecule has 1 unspecified atom stereocenters. The third-order valence-electron chi connectivity index (χ3n) is 3.01. The molecule has 0 aromatic carbocycles. The Hall–Kier alpha value is -0.260. The molecule has 0 amide bonds. The van der Waals surface area contributed by atoms with E-state index in [1.807, 2.05) is 0 Å². The van der Waals surface area contributed by atoms with Gasteiger partial charge in [0.25, 0.3) is 0 Å². The highest BCUT2D eigenvalue weighted by atomic mass is 14.4. The van der Waals surface area contributed by atoms with E-state index in [2.05, 4.69) is 19.1 Å². The second-order valence-corrected chi connectivity index (χ2v) is 3.36. The van der Waals surface area contributed by atoms with Gasteiger partial charge in [0.2, 0.25) is 0 Å². The molecule has 2 aliphatic rings. The van der Waals surface area contributed by atoms with E-state index in [1.54, 1.807) is 0 Å². The average Bonchev–Trinajstić information content (AvgIpc) is 2.07. The second kappa shape index (κ2) is 1.86. The summed E-state index contributed by atoms with van der Waals surface area (Å²) in [6.07, 6.45) is 9.19. The van der Waals surface area contributed by atoms with E-state index in [4.69, 9.17) is 0 Å². The molecule has 0 heterocycles. The summed E-state index contributed by atoms with van der Waals surface area (Å²) in [6.45, 7) is 2.30. The van der Waals surface area contributed by atoms with Crippen molar-refractivity contribution in [1.29, 1.82) is 0 Å². The van der Waals surface area contributed by atoms with Gasteiger partial charge in [-0.1, -0.05) is 19.1 Å². The molecule has 0 nitrogen and oxygen atoms in total. The Morgan fingerprint density at radius 2 is 2.22 bits per heavy atom. The first-order valence-electron chi connectivity index (χ1n) is 4.10. The molecule has 3 atom stereocenters. The van der Waals surface area contributed by atoms with Gasteiger partial charge in [-0.3, -0.25) is 0 Å². The van der Waals surface area contributed by atoms with E-state index in [9.17, 15) is 0 Å². The zero-order valence-corrected chi connectivity index (χ0v) is 6.01. The summed E-state index contributed by atoms with van der Waals surface area (Å²) in [4.78, 5) is 0. The van der Waals surface area contributed by atoms with Crippen molar-refractivity contribution < 1.29 is 0 Å². The molecular formula is C9H14. The van der Waals surface area contributed by atoms with Crippen molar-refractivity contribution in [2.24, 2.45) is 17.8 Å². The minimum atomic E-state index is 0.948. The zero-order chi connectivity index (χ0) is 6.27. The van der Waals surface area contributed by atoms with E-state index in [-0.39, 0.29) is 0 Å². The predicted molar refractivity (Wildman–Crippen MR) is 39.1 cm³/mol. The van der Waals surface area contributed by atoms with Gasteiger partial charge in [-0.05, 0) is 37.0 Å². The number of hydrogen-bond acceptors (Lipinski definition) is 0. The minimum absolute atomic E-state index is 0.948. The molecule has 0 aromatic heterocycles. The van der Waals surface area contributed by atoms with Crippen LogP contribution in [0.25, 0.3) is 0 Å². The van der Waals surface area contributed by atoms with Crippen molar-refractivity contribution >= 4 is 0 Å². The van der Waals surface area contributed by atoms with E-state index in [0.717, 1.165) is 17.8 Å². The Balaban J connectivity index is 2.05. The van der Waals surface area contributed by atoms with Crippen molar-refractivity contribution in [3.05, 3.63) is 12.2 Å².